The van der Waals surface area contributed by atoms with E-state index < -0.39 is 6.19 Å². The number of aryl methyl sites for hydroxylation is 1. The summed E-state index contributed by atoms with van der Waals surface area (Å²) in [6, 6.07) is 30.3. The van der Waals surface area contributed by atoms with E-state index in [1.54, 1.807) is 0 Å². The minimum atomic E-state index is -2.49. The van der Waals surface area contributed by atoms with Crippen molar-refractivity contribution in [1.29, 1.82) is 0 Å². The first-order valence-electron chi connectivity index (χ1n) is 16.7. The number of ether oxygens (including phenoxy) is 2. The molecular formula is C39H44N3O2PS. The van der Waals surface area contributed by atoms with Crippen LogP contribution in [-0.4, -0.2) is 62.4 Å². The van der Waals surface area contributed by atoms with Gasteiger partial charge in [0.15, 0.2) is 0 Å². The molecule has 1 N–H and O–H groups in total. The van der Waals surface area contributed by atoms with Crippen molar-refractivity contribution in [3.05, 3.63) is 135 Å². The van der Waals surface area contributed by atoms with Gasteiger partial charge >= 0.3 is 0 Å². The summed E-state index contributed by atoms with van der Waals surface area (Å²) in [4.78, 5) is 5.15. The highest BCUT2D eigenvalue weighted by Crippen LogP contribution is 2.69. The van der Waals surface area contributed by atoms with Gasteiger partial charge in [-0.15, -0.1) is 0 Å². The predicted octanol–water partition coefficient (Wildman–Crippen LogP) is 8.64. The van der Waals surface area contributed by atoms with Crippen LogP contribution in [0.5, 0.6) is 0 Å². The quantitative estimate of drug-likeness (QED) is 0.246. The maximum atomic E-state index is 7.18. The van der Waals surface area contributed by atoms with Gasteiger partial charge in [-0.05, 0) is 79.2 Å². The number of nitrogens with one attached hydrogen (secondary N) is 1. The second-order valence-electron chi connectivity index (χ2n) is 12.5. The zero-order valence-corrected chi connectivity index (χ0v) is 28.5. The standard InChI is InChI=1S/C39H44N3O2PS/c1-30-12-16-35(17-13-30)40-45(46,36-18-14-33(28-31-8-4-2-5-9-31)38(36)41-20-24-43-25-21-41)37-19-15-34(29-32-10-6-3-7-11-32)39(37)42-22-26-44-27-23-42/h2-13,16-17,28-29H,14-15,18-27H2,1H3,(H,40,46)/b33-28+,34-29+. The topological polar surface area (TPSA) is 37.0 Å². The molecule has 4 aliphatic rings. The number of rotatable bonds is 8. The van der Waals surface area contributed by atoms with Crippen molar-refractivity contribution >= 4 is 35.8 Å². The first-order chi connectivity index (χ1) is 22.6. The zero-order valence-electron chi connectivity index (χ0n) is 26.8. The minimum Gasteiger partial charge on any atom is -0.378 e. The first-order valence-corrected chi connectivity index (χ1v) is 19.5. The highest BCUT2D eigenvalue weighted by atomic mass is 32.4. The Balaban J connectivity index is 1.44. The molecule has 3 aromatic carbocycles. The summed E-state index contributed by atoms with van der Waals surface area (Å²) in [7, 11) is 0. The van der Waals surface area contributed by atoms with Gasteiger partial charge in [0.2, 0.25) is 0 Å². The first kappa shape index (κ1) is 31.2. The smallest absolute Gasteiger partial charge is 0.0866 e. The lowest BCUT2D eigenvalue weighted by atomic mass is 10.1. The Bertz CT molecular complexity index is 1600. The molecular weight excluding hydrogens is 605 g/mol. The Morgan fingerprint density at radius 1 is 0.609 bits per heavy atom. The van der Waals surface area contributed by atoms with Crippen molar-refractivity contribution in [3.63, 3.8) is 0 Å². The summed E-state index contributed by atoms with van der Waals surface area (Å²) in [5.41, 5.74) is 10.4. The molecule has 0 unspecified atom stereocenters. The third kappa shape index (κ3) is 6.68. The van der Waals surface area contributed by atoms with Gasteiger partial charge in [0, 0.05) is 53.9 Å². The third-order valence-electron chi connectivity index (χ3n) is 9.45. The molecule has 0 saturated carbocycles. The molecule has 2 saturated heterocycles. The number of hydrogen-bond donors (Lipinski definition) is 1. The van der Waals surface area contributed by atoms with Crippen LogP contribution in [0.2, 0.25) is 0 Å². The monoisotopic (exact) mass is 649 g/mol. The Labute approximate surface area is 279 Å². The molecule has 2 fully saturated rings. The molecule has 0 atom stereocenters. The van der Waals surface area contributed by atoms with Gasteiger partial charge in [-0.2, -0.15) is 0 Å². The summed E-state index contributed by atoms with van der Waals surface area (Å²) in [5, 5.41) is 6.96. The van der Waals surface area contributed by atoms with Gasteiger partial charge in [0.05, 0.1) is 32.6 Å². The lowest BCUT2D eigenvalue weighted by Crippen LogP contribution is -2.36. The molecule has 46 heavy (non-hydrogen) atoms. The van der Waals surface area contributed by atoms with Crippen LogP contribution in [0.25, 0.3) is 12.2 Å². The summed E-state index contributed by atoms with van der Waals surface area (Å²) < 4.78 is 11.7. The molecule has 0 amide bonds. The van der Waals surface area contributed by atoms with E-state index in [1.807, 2.05) is 0 Å². The van der Waals surface area contributed by atoms with Gasteiger partial charge in [-0.25, -0.2) is 0 Å². The fraction of sp³-hybridized carbons (Fsp3) is 0.333. The van der Waals surface area contributed by atoms with Crippen LogP contribution in [0, 0.1) is 6.92 Å². The number of nitrogens with zero attached hydrogens (tertiary/aromatic N) is 2. The molecule has 7 heteroatoms. The maximum absolute atomic E-state index is 7.18. The molecule has 0 spiro atoms. The number of benzene rings is 3. The summed E-state index contributed by atoms with van der Waals surface area (Å²) in [6.45, 7) is 8.68. The van der Waals surface area contributed by atoms with Gasteiger partial charge in [-0.3, -0.25) is 0 Å². The number of hydrogen-bond acceptors (Lipinski definition) is 5. The third-order valence-corrected chi connectivity index (χ3v) is 14.0. The van der Waals surface area contributed by atoms with E-state index >= 15 is 0 Å². The molecule has 0 bridgehead atoms. The average Bonchev–Trinajstić information content (AvgIpc) is 3.73. The Hall–Kier alpha value is -3.41. The predicted molar refractivity (Wildman–Crippen MR) is 195 cm³/mol. The largest absolute Gasteiger partial charge is 0.378 e. The van der Waals surface area contributed by atoms with Crippen LogP contribution in [0.1, 0.15) is 42.4 Å². The van der Waals surface area contributed by atoms with Crippen LogP contribution in [0.3, 0.4) is 0 Å². The van der Waals surface area contributed by atoms with Gasteiger partial charge in [-0.1, -0.05) is 90.2 Å². The van der Waals surface area contributed by atoms with E-state index in [0.29, 0.717) is 0 Å². The van der Waals surface area contributed by atoms with Crippen molar-refractivity contribution in [1.82, 2.24) is 9.80 Å². The van der Waals surface area contributed by atoms with Gasteiger partial charge in [0.25, 0.3) is 0 Å². The molecule has 0 radical (unpaired) electrons. The molecule has 2 aliphatic carbocycles. The van der Waals surface area contributed by atoms with E-state index in [2.05, 4.69) is 119 Å². The second-order valence-corrected chi connectivity index (χ2v) is 16.7. The SMILES string of the molecule is Cc1ccc(NP(=S)(C2=C(N3CCOCC3)/C(=C/c3ccccc3)CC2)C2=C(N3CCOCC3)/C(=C/c3ccccc3)CC2)cc1. The summed E-state index contributed by atoms with van der Waals surface area (Å²) in [5.74, 6) is 0. The average molecular weight is 650 g/mol. The Kier molecular flexibility index (Phi) is 9.60. The maximum Gasteiger partial charge on any atom is 0.0866 e. The van der Waals surface area contributed by atoms with Crippen LogP contribution >= 0.6 is 6.19 Å². The minimum absolute atomic E-state index is 0.745. The second kappa shape index (κ2) is 14.1. The van der Waals surface area contributed by atoms with Crippen molar-refractivity contribution in [2.75, 3.05) is 57.7 Å². The number of anilines is 1. The molecule has 5 nitrogen and oxygen atoms in total. The summed E-state index contributed by atoms with van der Waals surface area (Å²) >= 11 is 7.18. The van der Waals surface area contributed by atoms with Crippen LogP contribution in [0.15, 0.2) is 118 Å². The van der Waals surface area contributed by atoms with E-state index in [9.17, 15) is 0 Å². The molecule has 2 aliphatic heterocycles. The Morgan fingerprint density at radius 2 is 1.04 bits per heavy atom. The van der Waals surface area contributed by atoms with Gasteiger partial charge in [0.1, 0.15) is 0 Å². The number of morpholine rings is 2. The highest BCUT2D eigenvalue weighted by Gasteiger charge is 2.41. The summed E-state index contributed by atoms with van der Waals surface area (Å²) in [6.07, 6.45) is 6.25. The molecule has 238 valence electrons. The van der Waals surface area contributed by atoms with Crippen LogP contribution in [-0.2, 0) is 21.3 Å². The molecule has 2 heterocycles. The van der Waals surface area contributed by atoms with E-state index in [0.717, 1.165) is 84.0 Å². The normalized spacial score (nSPS) is 21.2. The van der Waals surface area contributed by atoms with Crippen LogP contribution in [0.4, 0.5) is 5.69 Å². The Morgan fingerprint density at radius 3 is 1.48 bits per heavy atom. The lowest BCUT2D eigenvalue weighted by Gasteiger charge is -2.37. The van der Waals surface area contributed by atoms with E-state index in [1.165, 1.54) is 49.9 Å². The number of allylic oxidation sites excluding steroid dienone is 4. The van der Waals surface area contributed by atoms with Crippen molar-refractivity contribution in [3.8, 4) is 0 Å². The van der Waals surface area contributed by atoms with Gasteiger partial charge < -0.3 is 24.4 Å². The zero-order chi connectivity index (χ0) is 31.3. The van der Waals surface area contributed by atoms with Crippen molar-refractivity contribution < 1.29 is 9.47 Å². The molecule has 0 aromatic heterocycles. The molecule has 7 rings (SSSR count). The lowest BCUT2D eigenvalue weighted by molar-refractivity contribution is 0.0548. The van der Waals surface area contributed by atoms with Crippen LogP contribution < -0.4 is 5.09 Å². The van der Waals surface area contributed by atoms with Crippen molar-refractivity contribution in [2.24, 2.45) is 0 Å². The fourth-order valence-electron chi connectivity index (χ4n) is 7.20. The highest BCUT2D eigenvalue weighted by molar-refractivity contribution is 8.19. The fourth-order valence-corrected chi connectivity index (χ4v) is 11.7. The molecule has 3 aromatic rings. The van der Waals surface area contributed by atoms with E-state index in [4.69, 9.17) is 21.3 Å². The van der Waals surface area contributed by atoms with E-state index in [-0.39, 0.29) is 0 Å². The van der Waals surface area contributed by atoms with Crippen molar-refractivity contribution in [2.45, 2.75) is 32.6 Å².